The average molecular weight is 305 g/mol. The van der Waals surface area contributed by atoms with Crippen LogP contribution in [-0.4, -0.2) is 18.4 Å². The molecule has 3 nitrogen and oxygen atoms in total. The summed E-state index contributed by atoms with van der Waals surface area (Å²) in [6.45, 7) is 5.17. The molecule has 0 saturated heterocycles. The minimum atomic E-state index is -1.12. The van der Waals surface area contributed by atoms with E-state index in [1.54, 1.807) is 32.9 Å². The fourth-order valence-electron chi connectivity index (χ4n) is 1.15. The number of esters is 1. The predicted octanol–water partition coefficient (Wildman–Crippen LogP) is 3.28. The first kappa shape index (κ1) is 13.4. The van der Waals surface area contributed by atoms with Crippen molar-refractivity contribution in [2.45, 2.75) is 20.8 Å². The summed E-state index contributed by atoms with van der Waals surface area (Å²) in [7, 11) is 0. The maximum Gasteiger partial charge on any atom is 0.319 e. The van der Waals surface area contributed by atoms with Crippen LogP contribution in [0, 0.1) is 5.41 Å². The van der Waals surface area contributed by atoms with E-state index in [1.807, 2.05) is 0 Å². The molecule has 0 N–H and O–H groups in total. The summed E-state index contributed by atoms with van der Waals surface area (Å²) < 4.78 is 5.76. The van der Waals surface area contributed by atoms with Crippen molar-refractivity contribution in [3.63, 3.8) is 0 Å². The third-order valence-corrected chi connectivity index (χ3v) is 3.77. The summed E-state index contributed by atoms with van der Waals surface area (Å²) in [4.78, 5) is 24.3. The van der Waals surface area contributed by atoms with E-state index in [0.717, 1.165) is 3.79 Å². The highest BCUT2D eigenvalue weighted by molar-refractivity contribution is 9.11. The third-order valence-electron chi connectivity index (χ3n) is 2.15. The standard InChI is InChI=1S/C11H13BrO3S/c1-4-15-10(14)11(2,3)9(13)7-5-6-8(12)16-7/h5-6H,4H2,1-3H3. The lowest BCUT2D eigenvalue weighted by atomic mass is 9.87. The topological polar surface area (TPSA) is 43.4 Å². The van der Waals surface area contributed by atoms with Gasteiger partial charge in [0.1, 0.15) is 5.41 Å². The third kappa shape index (κ3) is 2.71. The van der Waals surface area contributed by atoms with Crippen molar-refractivity contribution in [2.75, 3.05) is 6.61 Å². The number of Topliss-reactive ketones (excluding diaryl/α,β-unsaturated/α-hetero) is 1. The maximum atomic E-state index is 12.1. The van der Waals surface area contributed by atoms with E-state index in [4.69, 9.17) is 4.74 Å². The van der Waals surface area contributed by atoms with Crippen molar-refractivity contribution in [3.05, 3.63) is 20.8 Å². The number of hydrogen-bond acceptors (Lipinski definition) is 4. The molecule has 0 amide bonds. The molecule has 0 bridgehead atoms. The van der Waals surface area contributed by atoms with Crippen LogP contribution < -0.4 is 0 Å². The lowest BCUT2D eigenvalue weighted by Gasteiger charge is -2.19. The summed E-state index contributed by atoms with van der Waals surface area (Å²) in [5.41, 5.74) is -1.12. The number of ether oxygens (including phenoxy) is 1. The molecule has 0 spiro atoms. The largest absolute Gasteiger partial charge is 0.465 e. The highest BCUT2D eigenvalue weighted by Gasteiger charge is 2.38. The van der Waals surface area contributed by atoms with Gasteiger partial charge in [0.25, 0.3) is 0 Å². The van der Waals surface area contributed by atoms with E-state index < -0.39 is 11.4 Å². The fourth-order valence-corrected chi connectivity index (χ4v) is 2.63. The number of hydrogen-bond donors (Lipinski definition) is 0. The van der Waals surface area contributed by atoms with Gasteiger partial charge < -0.3 is 4.74 Å². The first-order chi connectivity index (χ1) is 7.39. The van der Waals surface area contributed by atoms with Crippen LogP contribution in [0.15, 0.2) is 15.9 Å². The van der Waals surface area contributed by atoms with Crippen molar-refractivity contribution in [2.24, 2.45) is 5.41 Å². The minimum absolute atomic E-state index is 0.207. The van der Waals surface area contributed by atoms with E-state index in [1.165, 1.54) is 11.3 Å². The van der Waals surface area contributed by atoms with Gasteiger partial charge in [-0.2, -0.15) is 0 Å². The number of ketones is 1. The van der Waals surface area contributed by atoms with Crippen LogP contribution in [0.25, 0.3) is 0 Å². The molecule has 0 aliphatic rings. The molecular formula is C11H13BrO3S. The molecule has 5 heteroatoms. The second-order valence-corrected chi connectivity index (χ2v) is 6.24. The van der Waals surface area contributed by atoms with Gasteiger partial charge >= 0.3 is 5.97 Å². The van der Waals surface area contributed by atoms with Crippen LogP contribution in [0.2, 0.25) is 0 Å². The summed E-state index contributed by atoms with van der Waals surface area (Å²) in [5.74, 6) is -0.689. The van der Waals surface area contributed by atoms with Crippen molar-refractivity contribution in [1.29, 1.82) is 0 Å². The van der Waals surface area contributed by atoms with Crippen molar-refractivity contribution in [3.8, 4) is 0 Å². The Kier molecular flexibility index (Phi) is 4.27. The first-order valence-corrected chi connectivity index (χ1v) is 6.48. The number of carbonyl (C=O) groups is 2. The second kappa shape index (κ2) is 5.10. The van der Waals surface area contributed by atoms with E-state index in [2.05, 4.69) is 15.9 Å². The summed E-state index contributed by atoms with van der Waals surface area (Å²) in [6.07, 6.45) is 0. The van der Waals surface area contributed by atoms with Crippen molar-refractivity contribution in [1.82, 2.24) is 0 Å². The molecule has 1 heterocycles. The summed E-state index contributed by atoms with van der Waals surface area (Å²) >= 11 is 4.60. The zero-order valence-corrected chi connectivity index (χ0v) is 11.8. The smallest absolute Gasteiger partial charge is 0.319 e. The lowest BCUT2D eigenvalue weighted by molar-refractivity contribution is -0.150. The van der Waals surface area contributed by atoms with Gasteiger partial charge in [-0.1, -0.05) is 0 Å². The zero-order valence-electron chi connectivity index (χ0n) is 9.37. The molecule has 0 aliphatic heterocycles. The normalized spacial score (nSPS) is 11.2. The van der Waals surface area contributed by atoms with Gasteiger partial charge in [-0.3, -0.25) is 9.59 Å². The van der Waals surface area contributed by atoms with Crippen LogP contribution in [0.3, 0.4) is 0 Å². The highest BCUT2D eigenvalue weighted by atomic mass is 79.9. The number of thiophene rings is 1. The highest BCUT2D eigenvalue weighted by Crippen LogP contribution is 2.30. The fraction of sp³-hybridized carbons (Fsp3) is 0.455. The molecular weight excluding hydrogens is 292 g/mol. The molecule has 0 fully saturated rings. The first-order valence-electron chi connectivity index (χ1n) is 4.87. The quantitative estimate of drug-likeness (QED) is 0.487. The van der Waals surface area contributed by atoms with E-state index >= 15 is 0 Å². The van der Waals surface area contributed by atoms with Gasteiger partial charge in [-0.05, 0) is 48.8 Å². The number of halogens is 1. The zero-order chi connectivity index (χ0) is 12.3. The van der Waals surface area contributed by atoms with Gasteiger partial charge in [0, 0.05) is 0 Å². The molecule has 88 valence electrons. The Morgan fingerprint density at radius 1 is 1.44 bits per heavy atom. The molecule has 0 atom stereocenters. The van der Waals surface area contributed by atoms with Crippen LogP contribution in [0.4, 0.5) is 0 Å². The molecule has 1 aromatic heterocycles. The van der Waals surface area contributed by atoms with Crippen LogP contribution in [-0.2, 0) is 9.53 Å². The summed E-state index contributed by atoms with van der Waals surface area (Å²) in [5, 5.41) is 0. The van der Waals surface area contributed by atoms with Gasteiger partial charge in [0.2, 0.25) is 0 Å². The molecule has 0 radical (unpaired) electrons. The van der Waals surface area contributed by atoms with Gasteiger partial charge in [-0.15, -0.1) is 11.3 Å². The molecule has 0 saturated carbocycles. The van der Waals surface area contributed by atoms with Crippen LogP contribution in [0.1, 0.15) is 30.4 Å². The van der Waals surface area contributed by atoms with E-state index in [-0.39, 0.29) is 12.4 Å². The molecule has 16 heavy (non-hydrogen) atoms. The van der Waals surface area contributed by atoms with Crippen LogP contribution in [0.5, 0.6) is 0 Å². The number of rotatable bonds is 4. The molecule has 0 aromatic carbocycles. The Balaban J connectivity index is 2.91. The monoisotopic (exact) mass is 304 g/mol. The Hall–Kier alpha value is -0.680. The van der Waals surface area contributed by atoms with Crippen molar-refractivity contribution < 1.29 is 14.3 Å². The Bertz CT molecular complexity index is 409. The molecule has 1 aromatic rings. The predicted molar refractivity (Wildman–Crippen MR) is 66.8 cm³/mol. The Morgan fingerprint density at radius 2 is 2.06 bits per heavy atom. The number of carbonyl (C=O) groups excluding carboxylic acids is 2. The molecule has 0 aliphatic carbocycles. The van der Waals surface area contributed by atoms with E-state index in [9.17, 15) is 9.59 Å². The molecule has 1 rings (SSSR count). The van der Waals surface area contributed by atoms with E-state index in [0.29, 0.717) is 4.88 Å². The van der Waals surface area contributed by atoms with Gasteiger partial charge in [0.05, 0.1) is 15.3 Å². The lowest BCUT2D eigenvalue weighted by Crippen LogP contribution is -2.34. The minimum Gasteiger partial charge on any atom is -0.465 e. The van der Waals surface area contributed by atoms with Crippen LogP contribution >= 0.6 is 27.3 Å². The van der Waals surface area contributed by atoms with Gasteiger partial charge in [-0.25, -0.2) is 0 Å². The molecule has 0 unspecified atom stereocenters. The van der Waals surface area contributed by atoms with Gasteiger partial charge in [0.15, 0.2) is 5.78 Å². The second-order valence-electron chi connectivity index (χ2n) is 3.78. The maximum absolute atomic E-state index is 12.1. The SMILES string of the molecule is CCOC(=O)C(C)(C)C(=O)c1ccc(Br)s1. The van der Waals surface area contributed by atoms with Crippen molar-refractivity contribution >= 4 is 39.0 Å². The Morgan fingerprint density at radius 3 is 2.50 bits per heavy atom. The average Bonchev–Trinajstić information content (AvgIpc) is 2.64. The Labute approximate surface area is 107 Å². The summed E-state index contributed by atoms with van der Waals surface area (Å²) in [6, 6.07) is 3.50.